The van der Waals surface area contributed by atoms with E-state index in [9.17, 15) is 14.7 Å². The first-order valence-corrected chi connectivity index (χ1v) is 8.99. The molecule has 0 aromatic rings. The van der Waals surface area contributed by atoms with Gasteiger partial charge in [0.1, 0.15) is 5.54 Å². The highest BCUT2D eigenvalue weighted by Gasteiger charge is 2.66. The Balaban J connectivity index is 1.92. The molecule has 5 heteroatoms. The predicted molar refractivity (Wildman–Crippen MR) is 88.1 cm³/mol. The Bertz CT molecular complexity index is 442. The van der Waals surface area contributed by atoms with Gasteiger partial charge in [0.25, 0.3) is 0 Å². The van der Waals surface area contributed by atoms with Crippen molar-refractivity contribution in [2.45, 2.75) is 83.8 Å². The maximum atomic E-state index is 12.3. The van der Waals surface area contributed by atoms with E-state index in [1.54, 1.807) is 0 Å². The molecule has 23 heavy (non-hydrogen) atoms. The van der Waals surface area contributed by atoms with Gasteiger partial charge in [0.15, 0.2) is 0 Å². The molecular weight excluding hydrogens is 294 g/mol. The Hall–Kier alpha value is -1.10. The van der Waals surface area contributed by atoms with E-state index in [0.717, 1.165) is 6.42 Å². The third-order valence-corrected chi connectivity index (χ3v) is 5.99. The van der Waals surface area contributed by atoms with Crippen LogP contribution in [0.2, 0.25) is 0 Å². The van der Waals surface area contributed by atoms with Crippen molar-refractivity contribution < 1.29 is 19.4 Å². The number of carboxylic acids is 1. The van der Waals surface area contributed by atoms with Gasteiger partial charge in [-0.15, -0.1) is 0 Å². The number of aliphatic carboxylic acids is 1. The van der Waals surface area contributed by atoms with Crippen LogP contribution in [0.4, 0.5) is 0 Å². The number of ether oxygens (including phenoxy) is 1. The largest absolute Gasteiger partial charge is 0.479 e. The second-order valence-corrected chi connectivity index (χ2v) is 7.67. The van der Waals surface area contributed by atoms with Crippen LogP contribution in [0.3, 0.4) is 0 Å². The Labute approximate surface area is 139 Å². The van der Waals surface area contributed by atoms with Crippen LogP contribution in [-0.4, -0.2) is 35.2 Å². The zero-order valence-corrected chi connectivity index (χ0v) is 14.7. The summed E-state index contributed by atoms with van der Waals surface area (Å²) in [6.45, 7) is 6.19. The Kier molecular flexibility index (Phi) is 5.71. The average molecular weight is 325 g/mol. The minimum Gasteiger partial charge on any atom is -0.479 e. The molecule has 0 bridgehead atoms. The number of hydrogen-bond donors (Lipinski definition) is 2. The van der Waals surface area contributed by atoms with Gasteiger partial charge in [-0.3, -0.25) is 4.79 Å². The number of nitrogens with one attached hydrogen (secondary N) is 1. The third kappa shape index (κ3) is 3.54. The van der Waals surface area contributed by atoms with Crippen LogP contribution in [0.5, 0.6) is 0 Å². The number of rotatable bonds is 7. The molecule has 2 saturated carbocycles. The van der Waals surface area contributed by atoms with E-state index in [0.29, 0.717) is 25.4 Å². The zero-order chi connectivity index (χ0) is 17.1. The van der Waals surface area contributed by atoms with Gasteiger partial charge in [0.05, 0.1) is 6.10 Å². The summed E-state index contributed by atoms with van der Waals surface area (Å²) in [4.78, 5) is 24.2. The molecular formula is C18H31NO4. The molecule has 2 N–H and O–H groups in total. The maximum absolute atomic E-state index is 12.3. The topological polar surface area (TPSA) is 75.6 Å². The van der Waals surface area contributed by atoms with E-state index in [4.69, 9.17) is 4.74 Å². The second-order valence-electron chi connectivity index (χ2n) is 7.67. The van der Waals surface area contributed by atoms with E-state index in [2.05, 4.69) is 5.32 Å². The molecule has 2 atom stereocenters. The molecule has 0 aromatic carbocycles. The van der Waals surface area contributed by atoms with Crippen molar-refractivity contribution in [2.24, 2.45) is 11.3 Å². The number of hydrogen-bond acceptors (Lipinski definition) is 3. The van der Waals surface area contributed by atoms with Gasteiger partial charge in [-0.2, -0.15) is 0 Å². The van der Waals surface area contributed by atoms with E-state index in [1.165, 1.54) is 32.1 Å². The first-order chi connectivity index (χ1) is 10.8. The van der Waals surface area contributed by atoms with Crippen molar-refractivity contribution in [3.05, 3.63) is 0 Å². The summed E-state index contributed by atoms with van der Waals surface area (Å²) < 4.78 is 5.62. The molecule has 0 saturated heterocycles. The molecule has 2 rings (SSSR count). The highest BCUT2D eigenvalue weighted by atomic mass is 16.5. The highest BCUT2D eigenvalue weighted by Crippen LogP contribution is 2.51. The molecule has 2 aliphatic carbocycles. The van der Waals surface area contributed by atoms with Crippen molar-refractivity contribution in [3.8, 4) is 0 Å². The lowest BCUT2D eigenvalue weighted by atomic mass is 9.54. The van der Waals surface area contributed by atoms with Gasteiger partial charge in [-0.1, -0.05) is 46.0 Å². The van der Waals surface area contributed by atoms with Crippen LogP contribution in [0.15, 0.2) is 0 Å². The van der Waals surface area contributed by atoms with E-state index < -0.39 is 16.9 Å². The van der Waals surface area contributed by atoms with Gasteiger partial charge < -0.3 is 15.2 Å². The van der Waals surface area contributed by atoms with Crippen molar-refractivity contribution in [1.29, 1.82) is 0 Å². The summed E-state index contributed by atoms with van der Waals surface area (Å²) in [5.74, 6) is -0.466. The summed E-state index contributed by atoms with van der Waals surface area (Å²) >= 11 is 0. The van der Waals surface area contributed by atoms with Gasteiger partial charge in [0, 0.05) is 24.9 Å². The van der Waals surface area contributed by atoms with Gasteiger partial charge in [-0.25, -0.2) is 4.79 Å². The first-order valence-electron chi connectivity index (χ1n) is 8.99. The Morgan fingerprint density at radius 1 is 1.22 bits per heavy atom. The predicted octanol–water partition coefficient (Wildman–Crippen LogP) is 3.12. The summed E-state index contributed by atoms with van der Waals surface area (Å²) in [5, 5.41) is 12.5. The Morgan fingerprint density at radius 2 is 1.87 bits per heavy atom. The van der Waals surface area contributed by atoms with Crippen molar-refractivity contribution in [3.63, 3.8) is 0 Å². The van der Waals surface area contributed by atoms with Gasteiger partial charge in [-0.05, 0) is 19.3 Å². The van der Waals surface area contributed by atoms with Crippen LogP contribution in [0, 0.1) is 11.3 Å². The van der Waals surface area contributed by atoms with Crippen LogP contribution < -0.4 is 5.32 Å². The SMILES string of the molecule is CCOC1CC(NC(=O)CCC2CCCCC2)(C(=O)O)C1(C)C. The number of carbonyl (C=O) groups is 2. The fraction of sp³-hybridized carbons (Fsp3) is 0.889. The fourth-order valence-electron chi connectivity index (χ4n) is 4.15. The molecule has 0 aliphatic heterocycles. The Morgan fingerprint density at radius 3 is 2.39 bits per heavy atom. The second kappa shape index (κ2) is 7.20. The minimum atomic E-state index is -1.20. The van der Waals surface area contributed by atoms with Crippen molar-refractivity contribution in [1.82, 2.24) is 5.32 Å². The van der Waals surface area contributed by atoms with E-state index >= 15 is 0 Å². The number of carbonyl (C=O) groups excluding carboxylic acids is 1. The van der Waals surface area contributed by atoms with Crippen molar-refractivity contribution >= 4 is 11.9 Å². The number of amides is 1. The summed E-state index contributed by atoms with van der Waals surface area (Å²) in [5.41, 5.74) is -1.80. The quantitative estimate of drug-likeness (QED) is 0.754. The average Bonchev–Trinajstić information content (AvgIpc) is 2.52. The normalized spacial score (nSPS) is 30.5. The van der Waals surface area contributed by atoms with Crippen LogP contribution in [0.1, 0.15) is 72.1 Å². The highest BCUT2D eigenvalue weighted by molar-refractivity contribution is 5.89. The van der Waals surface area contributed by atoms with Crippen LogP contribution in [0.25, 0.3) is 0 Å². The summed E-state index contributed by atoms with van der Waals surface area (Å²) in [6, 6.07) is 0. The molecule has 0 heterocycles. The lowest BCUT2D eigenvalue weighted by Crippen LogP contribution is -2.76. The molecule has 2 fully saturated rings. The van der Waals surface area contributed by atoms with E-state index in [-0.39, 0.29) is 12.0 Å². The first kappa shape index (κ1) is 18.2. The molecule has 132 valence electrons. The molecule has 0 spiro atoms. The van der Waals surface area contributed by atoms with Gasteiger partial charge >= 0.3 is 5.97 Å². The standard InChI is InChI=1S/C18H31NO4/c1-4-23-14-12-18(16(21)22,17(14,2)3)19-15(20)11-10-13-8-6-5-7-9-13/h13-14H,4-12H2,1-3H3,(H,19,20)(H,21,22). The lowest BCUT2D eigenvalue weighted by Gasteiger charge is -2.58. The van der Waals surface area contributed by atoms with Crippen LogP contribution in [-0.2, 0) is 14.3 Å². The van der Waals surface area contributed by atoms with Crippen molar-refractivity contribution in [2.75, 3.05) is 6.61 Å². The maximum Gasteiger partial charge on any atom is 0.330 e. The van der Waals surface area contributed by atoms with E-state index in [1.807, 2.05) is 20.8 Å². The molecule has 1 amide bonds. The number of carboxylic acid groups (broad SMARTS) is 1. The third-order valence-electron chi connectivity index (χ3n) is 5.99. The minimum absolute atomic E-state index is 0.123. The molecule has 0 radical (unpaired) electrons. The summed E-state index contributed by atoms with van der Waals surface area (Å²) in [6.07, 6.45) is 7.75. The lowest BCUT2D eigenvalue weighted by molar-refractivity contribution is -0.194. The molecule has 2 aliphatic rings. The molecule has 2 unspecified atom stereocenters. The smallest absolute Gasteiger partial charge is 0.330 e. The zero-order valence-electron chi connectivity index (χ0n) is 14.7. The fourth-order valence-corrected chi connectivity index (χ4v) is 4.15. The van der Waals surface area contributed by atoms with Gasteiger partial charge in [0.2, 0.25) is 5.91 Å². The van der Waals surface area contributed by atoms with Crippen LogP contribution >= 0.6 is 0 Å². The molecule has 0 aromatic heterocycles. The summed E-state index contributed by atoms with van der Waals surface area (Å²) in [7, 11) is 0. The monoisotopic (exact) mass is 325 g/mol. The molecule has 5 nitrogen and oxygen atoms in total.